The fourth-order valence-corrected chi connectivity index (χ4v) is 2.06. The van der Waals surface area contributed by atoms with Gasteiger partial charge in [0.2, 0.25) is 0 Å². The third kappa shape index (κ3) is 3.36. The van der Waals surface area contributed by atoms with Gasteiger partial charge in [-0.15, -0.1) is 0 Å². The van der Waals surface area contributed by atoms with Gasteiger partial charge in [-0.25, -0.2) is 4.39 Å². The van der Waals surface area contributed by atoms with Crippen LogP contribution < -0.4 is 5.56 Å². The summed E-state index contributed by atoms with van der Waals surface area (Å²) in [6, 6.07) is 11.1. The second kappa shape index (κ2) is 6.33. The van der Waals surface area contributed by atoms with Crippen molar-refractivity contribution in [3.8, 4) is 17.3 Å². The zero-order valence-electron chi connectivity index (χ0n) is 12.0. The number of rotatable bonds is 4. The van der Waals surface area contributed by atoms with E-state index in [0.29, 0.717) is 18.8 Å². The van der Waals surface area contributed by atoms with Gasteiger partial charge in [0, 0.05) is 13.1 Å². The number of benzene rings is 1. The Morgan fingerprint density at radius 2 is 1.86 bits per heavy atom. The Kier molecular flexibility index (Phi) is 4.51. The zero-order chi connectivity index (χ0) is 15.4. The molecule has 108 valence electrons. The van der Waals surface area contributed by atoms with E-state index in [2.05, 4.69) is 0 Å². The van der Waals surface area contributed by atoms with Gasteiger partial charge in [0.05, 0.1) is 5.69 Å². The molecule has 0 amide bonds. The molecule has 1 aromatic carbocycles. The first-order valence-electron chi connectivity index (χ1n) is 6.57. The van der Waals surface area contributed by atoms with E-state index in [1.807, 2.05) is 25.1 Å². The van der Waals surface area contributed by atoms with Crippen molar-refractivity contribution in [3.05, 3.63) is 58.1 Å². The van der Waals surface area contributed by atoms with Crippen LogP contribution in [0.4, 0.5) is 4.39 Å². The van der Waals surface area contributed by atoms with Gasteiger partial charge < -0.3 is 9.47 Å². The predicted molar refractivity (Wildman–Crippen MR) is 79.4 cm³/mol. The number of likely N-dealkylation sites (N-methyl/N-ethyl adjacent to an activating group) is 1. The van der Waals surface area contributed by atoms with Crippen LogP contribution in [0.25, 0.3) is 11.3 Å². The Morgan fingerprint density at radius 3 is 2.43 bits per heavy atom. The maximum absolute atomic E-state index is 13.0. The molecule has 2 rings (SSSR count). The molecule has 0 saturated heterocycles. The van der Waals surface area contributed by atoms with Crippen molar-refractivity contribution >= 4 is 0 Å². The highest BCUT2D eigenvalue weighted by Gasteiger charge is 2.10. The Balaban J connectivity index is 2.54. The van der Waals surface area contributed by atoms with Gasteiger partial charge in [0.15, 0.2) is 0 Å². The van der Waals surface area contributed by atoms with Crippen molar-refractivity contribution < 1.29 is 4.39 Å². The third-order valence-corrected chi connectivity index (χ3v) is 3.21. The minimum Gasteiger partial charge on any atom is -0.308 e. The van der Waals surface area contributed by atoms with Crippen LogP contribution in [0, 0.1) is 17.1 Å². The lowest BCUT2D eigenvalue weighted by Gasteiger charge is -2.16. The molecule has 0 fully saturated rings. The molecule has 0 bridgehead atoms. The normalized spacial score (nSPS) is 10.6. The van der Waals surface area contributed by atoms with E-state index in [-0.39, 0.29) is 16.9 Å². The zero-order valence-corrected chi connectivity index (χ0v) is 12.0. The fourth-order valence-electron chi connectivity index (χ4n) is 2.06. The molecule has 1 aromatic heterocycles. The van der Waals surface area contributed by atoms with Crippen LogP contribution in [0.3, 0.4) is 0 Å². The average molecular weight is 285 g/mol. The van der Waals surface area contributed by atoms with Gasteiger partial charge in [0.25, 0.3) is 5.56 Å². The first-order chi connectivity index (χ1) is 10.0. The number of hydrogen-bond donors (Lipinski definition) is 0. The van der Waals surface area contributed by atoms with Gasteiger partial charge in [0.1, 0.15) is 17.4 Å². The average Bonchev–Trinajstić information content (AvgIpc) is 2.46. The summed E-state index contributed by atoms with van der Waals surface area (Å²) >= 11 is 0. The summed E-state index contributed by atoms with van der Waals surface area (Å²) in [5, 5.41) is 8.99. The molecular weight excluding hydrogens is 269 g/mol. The van der Waals surface area contributed by atoms with Crippen LogP contribution in [-0.4, -0.2) is 30.1 Å². The van der Waals surface area contributed by atoms with Crippen molar-refractivity contribution in [2.45, 2.75) is 6.54 Å². The topological polar surface area (TPSA) is 49.0 Å². The molecular formula is C16H16FN3O. The molecule has 0 atom stereocenters. The van der Waals surface area contributed by atoms with Crippen LogP contribution in [0.15, 0.2) is 41.2 Å². The molecule has 0 spiro atoms. The van der Waals surface area contributed by atoms with E-state index in [1.54, 1.807) is 22.8 Å². The van der Waals surface area contributed by atoms with Gasteiger partial charge >= 0.3 is 0 Å². The number of hydrogen-bond acceptors (Lipinski definition) is 3. The summed E-state index contributed by atoms with van der Waals surface area (Å²) in [5.74, 6) is -0.324. The van der Waals surface area contributed by atoms with Crippen LogP contribution in [-0.2, 0) is 6.54 Å². The lowest BCUT2D eigenvalue weighted by Crippen LogP contribution is -2.29. The smallest absolute Gasteiger partial charge is 0.268 e. The van der Waals surface area contributed by atoms with Crippen LogP contribution >= 0.6 is 0 Å². The first-order valence-corrected chi connectivity index (χ1v) is 6.57. The predicted octanol–water partition coefficient (Wildman–Crippen LogP) is 2.09. The van der Waals surface area contributed by atoms with E-state index in [9.17, 15) is 9.18 Å². The monoisotopic (exact) mass is 285 g/mol. The van der Waals surface area contributed by atoms with Crippen molar-refractivity contribution in [1.29, 1.82) is 5.26 Å². The van der Waals surface area contributed by atoms with E-state index >= 15 is 0 Å². The van der Waals surface area contributed by atoms with Gasteiger partial charge in [-0.05, 0) is 56.1 Å². The molecule has 4 nitrogen and oxygen atoms in total. The molecule has 0 radical (unpaired) electrons. The van der Waals surface area contributed by atoms with E-state index in [1.165, 1.54) is 18.2 Å². The van der Waals surface area contributed by atoms with Gasteiger partial charge in [-0.1, -0.05) is 0 Å². The highest BCUT2D eigenvalue weighted by Crippen LogP contribution is 2.18. The number of nitrogens with zero attached hydrogens (tertiary/aromatic N) is 3. The molecule has 2 aromatic rings. The largest absolute Gasteiger partial charge is 0.308 e. The second-order valence-corrected chi connectivity index (χ2v) is 5.01. The van der Waals surface area contributed by atoms with Gasteiger partial charge in [-0.2, -0.15) is 5.26 Å². The fraction of sp³-hybridized carbons (Fsp3) is 0.250. The first kappa shape index (κ1) is 14.9. The maximum atomic E-state index is 13.0. The summed E-state index contributed by atoms with van der Waals surface area (Å²) in [5.41, 5.74) is 1.22. The number of pyridine rings is 1. The quantitative estimate of drug-likeness (QED) is 0.864. The van der Waals surface area contributed by atoms with Crippen LogP contribution in [0.2, 0.25) is 0 Å². The highest BCUT2D eigenvalue weighted by atomic mass is 19.1. The highest BCUT2D eigenvalue weighted by molar-refractivity contribution is 5.60. The van der Waals surface area contributed by atoms with E-state index in [0.717, 1.165) is 5.56 Å². The van der Waals surface area contributed by atoms with Crippen molar-refractivity contribution in [2.24, 2.45) is 0 Å². The van der Waals surface area contributed by atoms with Crippen LogP contribution in [0.1, 0.15) is 5.56 Å². The minimum absolute atomic E-state index is 0.111. The third-order valence-electron chi connectivity index (χ3n) is 3.21. The number of halogens is 1. The second-order valence-electron chi connectivity index (χ2n) is 5.01. The molecule has 5 heteroatoms. The van der Waals surface area contributed by atoms with Crippen molar-refractivity contribution in [3.63, 3.8) is 0 Å². The molecule has 0 unspecified atom stereocenters. The molecule has 0 aliphatic rings. The minimum atomic E-state index is -0.324. The molecule has 0 saturated carbocycles. The summed E-state index contributed by atoms with van der Waals surface area (Å²) < 4.78 is 14.6. The van der Waals surface area contributed by atoms with Gasteiger partial charge in [-0.3, -0.25) is 4.79 Å². The summed E-state index contributed by atoms with van der Waals surface area (Å²) in [6.45, 7) is 1.14. The molecule has 0 aliphatic carbocycles. The standard InChI is InChI=1S/C16H16FN3O/c1-19(2)9-10-20-15(8-5-13(11-18)16(20)21)12-3-6-14(17)7-4-12/h3-8H,9-10H2,1-2H3. The summed E-state index contributed by atoms with van der Waals surface area (Å²) in [6.07, 6.45) is 0. The Labute approximate surface area is 122 Å². The van der Waals surface area contributed by atoms with Crippen LogP contribution in [0.5, 0.6) is 0 Å². The molecule has 0 N–H and O–H groups in total. The summed E-state index contributed by atoms with van der Waals surface area (Å²) in [7, 11) is 3.83. The van der Waals surface area contributed by atoms with E-state index in [4.69, 9.17) is 5.26 Å². The molecule has 1 heterocycles. The lowest BCUT2D eigenvalue weighted by atomic mass is 10.1. The SMILES string of the molecule is CN(C)CCn1c(-c2ccc(F)cc2)ccc(C#N)c1=O. The molecule has 0 aliphatic heterocycles. The number of aromatic nitrogens is 1. The Hall–Kier alpha value is -2.45. The Bertz CT molecular complexity index is 727. The Morgan fingerprint density at radius 1 is 1.19 bits per heavy atom. The van der Waals surface area contributed by atoms with E-state index < -0.39 is 0 Å². The van der Waals surface area contributed by atoms with Crippen molar-refractivity contribution in [2.75, 3.05) is 20.6 Å². The lowest BCUT2D eigenvalue weighted by molar-refractivity contribution is 0.382. The summed E-state index contributed by atoms with van der Waals surface area (Å²) in [4.78, 5) is 14.3. The molecule has 21 heavy (non-hydrogen) atoms. The van der Waals surface area contributed by atoms with Crippen molar-refractivity contribution in [1.82, 2.24) is 9.47 Å². The number of nitriles is 1. The maximum Gasteiger partial charge on any atom is 0.268 e.